The molecule has 1 aliphatic rings. The molecular formula is C11H12ClNO3S. The van der Waals surface area contributed by atoms with Crippen LogP contribution in [0.15, 0.2) is 29.2 Å². The maximum atomic E-state index is 11.4. The molecular weight excluding hydrogens is 262 g/mol. The van der Waals surface area contributed by atoms with Gasteiger partial charge in [-0.15, -0.1) is 0 Å². The molecule has 2 rings (SSSR count). The van der Waals surface area contributed by atoms with Gasteiger partial charge in [0.25, 0.3) is 9.05 Å². The largest absolute Gasteiger partial charge is 0.352 e. The third kappa shape index (κ3) is 3.44. The molecule has 0 aliphatic heterocycles. The first-order chi connectivity index (χ1) is 7.97. The van der Waals surface area contributed by atoms with E-state index in [1.807, 2.05) is 0 Å². The molecule has 4 nitrogen and oxygen atoms in total. The highest BCUT2D eigenvalue weighted by Gasteiger charge is 2.29. The lowest BCUT2D eigenvalue weighted by molar-refractivity contribution is -0.122. The molecule has 0 saturated heterocycles. The van der Waals surface area contributed by atoms with Crippen LogP contribution in [0.4, 0.5) is 0 Å². The number of hydrogen-bond donors (Lipinski definition) is 1. The van der Waals surface area contributed by atoms with E-state index in [-0.39, 0.29) is 16.7 Å². The number of nitrogens with one attached hydrogen (secondary N) is 1. The zero-order valence-electron chi connectivity index (χ0n) is 9.02. The Kier molecular flexibility index (Phi) is 3.40. The number of carbonyl (C=O) groups is 1. The van der Waals surface area contributed by atoms with Crippen LogP contribution in [0.1, 0.15) is 18.4 Å². The summed E-state index contributed by atoms with van der Waals surface area (Å²) in [6.07, 6.45) is 1.94. The van der Waals surface area contributed by atoms with E-state index in [0.29, 0.717) is 6.54 Å². The van der Waals surface area contributed by atoms with Crippen molar-refractivity contribution in [2.24, 2.45) is 5.92 Å². The van der Waals surface area contributed by atoms with Crippen LogP contribution in [-0.4, -0.2) is 14.3 Å². The molecule has 0 aromatic heterocycles. The highest BCUT2D eigenvalue weighted by Crippen LogP contribution is 2.28. The van der Waals surface area contributed by atoms with E-state index in [0.717, 1.165) is 18.4 Å². The van der Waals surface area contributed by atoms with Crippen molar-refractivity contribution in [1.82, 2.24) is 5.32 Å². The van der Waals surface area contributed by atoms with Gasteiger partial charge in [-0.3, -0.25) is 4.79 Å². The Hall–Kier alpha value is -1.07. The van der Waals surface area contributed by atoms with Gasteiger partial charge < -0.3 is 5.32 Å². The topological polar surface area (TPSA) is 63.2 Å². The molecule has 1 aromatic carbocycles. The van der Waals surface area contributed by atoms with E-state index >= 15 is 0 Å². The average molecular weight is 274 g/mol. The van der Waals surface area contributed by atoms with Crippen molar-refractivity contribution in [3.05, 3.63) is 29.8 Å². The highest BCUT2D eigenvalue weighted by atomic mass is 35.7. The predicted molar refractivity (Wildman–Crippen MR) is 64.1 cm³/mol. The first-order valence-electron chi connectivity index (χ1n) is 5.28. The molecule has 6 heteroatoms. The summed E-state index contributed by atoms with van der Waals surface area (Å²) in [5.74, 6) is 0.247. The number of benzene rings is 1. The van der Waals surface area contributed by atoms with E-state index in [1.165, 1.54) is 12.1 Å². The Morgan fingerprint density at radius 1 is 1.29 bits per heavy atom. The van der Waals surface area contributed by atoms with Crippen molar-refractivity contribution >= 4 is 25.6 Å². The van der Waals surface area contributed by atoms with Gasteiger partial charge in [-0.1, -0.05) is 12.1 Å². The van der Waals surface area contributed by atoms with E-state index in [9.17, 15) is 13.2 Å². The van der Waals surface area contributed by atoms with Crippen LogP contribution < -0.4 is 5.32 Å². The second-order valence-electron chi connectivity index (χ2n) is 4.07. The van der Waals surface area contributed by atoms with Gasteiger partial charge in [-0.05, 0) is 30.5 Å². The summed E-state index contributed by atoms with van der Waals surface area (Å²) in [5, 5.41) is 2.80. The number of rotatable bonds is 4. The fourth-order valence-electron chi connectivity index (χ4n) is 1.45. The lowest BCUT2D eigenvalue weighted by Gasteiger charge is -2.04. The van der Waals surface area contributed by atoms with Crippen LogP contribution in [0, 0.1) is 5.92 Å². The van der Waals surface area contributed by atoms with Gasteiger partial charge in [-0.25, -0.2) is 8.42 Å². The summed E-state index contributed by atoms with van der Waals surface area (Å²) in [7, 11) is 1.52. The lowest BCUT2D eigenvalue weighted by Crippen LogP contribution is -2.24. The molecule has 0 atom stereocenters. The third-order valence-corrected chi connectivity index (χ3v) is 3.99. The minimum Gasteiger partial charge on any atom is -0.352 e. The summed E-state index contributed by atoms with van der Waals surface area (Å²) in [4.78, 5) is 11.4. The molecule has 17 heavy (non-hydrogen) atoms. The van der Waals surface area contributed by atoms with Crippen LogP contribution in [0.2, 0.25) is 0 Å². The van der Waals surface area contributed by atoms with Gasteiger partial charge in [0.15, 0.2) is 0 Å². The minimum absolute atomic E-state index is 0.0661. The maximum Gasteiger partial charge on any atom is 0.261 e. The van der Waals surface area contributed by atoms with Crippen molar-refractivity contribution in [3.63, 3.8) is 0 Å². The Bertz CT molecular complexity index is 520. The molecule has 1 aliphatic carbocycles. The Morgan fingerprint density at radius 3 is 2.35 bits per heavy atom. The smallest absolute Gasteiger partial charge is 0.261 e. The predicted octanol–water partition coefficient (Wildman–Crippen LogP) is 1.64. The number of carbonyl (C=O) groups excluding carboxylic acids is 1. The molecule has 1 saturated carbocycles. The zero-order valence-corrected chi connectivity index (χ0v) is 10.6. The summed E-state index contributed by atoms with van der Waals surface area (Å²) >= 11 is 0. The standard InChI is InChI=1S/C11H12ClNO3S/c12-17(15,16)10-5-1-8(2-6-10)7-13-11(14)9-3-4-9/h1-2,5-6,9H,3-4,7H2,(H,13,14). The molecule has 92 valence electrons. The summed E-state index contributed by atoms with van der Waals surface area (Å²) in [6, 6.07) is 6.15. The zero-order chi connectivity index (χ0) is 12.5. The number of amides is 1. The average Bonchev–Trinajstić information content (AvgIpc) is 3.09. The normalized spacial score (nSPS) is 15.6. The molecule has 1 aromatic rings. The Balaban J connectivity index is 1.96. The molecule has 0 unspecified atom stereocenters. The van der Waals surface area contributed by atoms with Crippen molar-refractivity contribution in [3.8, 4) is 0 Å². The first kappa shape index (κ1) is 12.4. The number of halogens is 1. The van der Waals surface area contributed by atoms with E-state index in [1.54, 1.807) is 12.1 Å². The second kappa shape index (κ2) is 4.66. The lowest BCUT2D eigenvalue weighted by atomic mass is 10.2. The highest BCUT2D eigenvalue weighted by molar-refractivity contribution is 8.13. The van der Waals surface area contributed by atoms with Gasteiger partial charge in [0, 0.05) is 23.1 Å². The quantitative estimate of drug-likeness (QED) is 0.849. The van der Waals surface area contributed by atoms with Gasteiger partial charge in [0.1, 0.15) is 0 Å². The minimum atomic E-state index is -3.67. The van der Waals surface area contributed by atoms with Crippen LogP contribution in [0.5, 0.6) is 0 Å². The Morgan fingerprint density at radius 2 is 1.88 bits per heavy atom. The fourth-order valence-corrected chi connectivity index (χ4v) is 2.22. The van der Waals surface area contributed by atoms with E-state index < -0.39 is 9.05 Å². The monoisotopic (exact) mass is 273 g/mol. The third-order valence-electron chi connectivity index (χ3n) is 2.62. The van der Waals surface area contributed by atoms with Gasteiger partial charge >= 0.3 is 0 Å². The molecule has 0 heterocycles. The molecule has 1 N–H and O–H groups in total. The molecule has 1 amide bonds. The van der Waals surface area contributed by atoms with Crippen LogP contribution >= 0.6 is 10.7 Å². The van der Waals surface area contributed by atoms with Crippen LogP contribution in [0.3, 0.4) is 0 Å². The van der Waals surface area contributed by atoms with Crippen molar-refractivity contribution in [2.45, 2.75) is 24.3 Å². The summed E-state index contributed by atoms with van der Waals surface area (Å²) in [6.45, 7) is 0.415. The van der Waals surface area contributed by atoms with Crippen LogP contribution in [-0.2, 0) is 20.4 Å². The van der Waals surface area contributed by atoms with Crippen molar-refractivity contribution in [1.29, 1.82) is 0 Å². The molecule has 0 bridgehead atoms. The van der Waals surface area contributed by atoms with E-state index in [2.05, 4.69) is 5.32 Å². The fraction of sp³-hybridized carbons (Fsp3) is 0.364. The van der Waals surface area contributed by atoms with Crippen molar-refractivity contribution in [2.75, 3.05) is 0 Å². The van der Waals surface area contributed by atoms with Crippen LogP contribution in [0.25, 0.3) is 0 Å². The summed E-state index contributed by atoms with van der Waals surface area (Å²) in [5.41, 5.74) is 0.850. The maximum absolute atomic E-state index is 11.4. The number of hydrogen-bond acceptors (Lipinski definition) is 3. The second-order valence-corrected chi connectivity index (χ2v) is 6.64. The molecule has 0 radical (unpaired) electrons. The van der Waals surface area contributed by atoms with Gasteiger partial charge in [0.05, 0.1) is 4.90 Å². The molecule has 1 fully saturated rings. The van der Waals surface area contributed by atoms with Crippen molar-refractivity contribution < 1.29 is 13.2 Å². The first-order valence-corrected chi connectivity index (χ1v) is 7.59. The summed E-state index contributed by atoms with van der Waals surface area (Å²) < 4.78 is 22.0. The van der Waals surface area contributed by atoms with Gasteiger partial charge in [0.2, 0.25) is 5.91 Å². The SMILES string of the molecule is O=C(NCc1ccc(S(=O)(=O)Cl)cc1)C1CC1. The van der Waals surface area contributed by atoms with Gasteiger partial charge in [-0.2, -0.15) is 0 Å². The molecule has 0 spiro atoms. The Labute approximate surface area is 104 Å². The van der Waals surface area contributed by atoms with E-state index in [4.69, 9.17) is 10.7 Å².